The molecule has 0 radical (unpaired) electrons. The summed E-state index contributed by atoms with van der Waals surface area (Å²) < 4.78 is 37.2. The highest BCUT2D eigenvalue weighted by molar-refractivity contribution is 7.89. The van der Waals surface area contributed by atoms with E-state index in [-0.39, 0.29) is 40.5 Å². The number of nitrogens with one attached hydrogen (secondary N) is 1. The van der Waals surface area contributed by atoms with Crippen LogP contribution in [-0.4, -0.2) is 62.4 Å². The molecule has 2 aromatic carbocycles. The molecular weight excluding hydrogens is 454 g/mol. The summed E-state index contributed by atoms with van der Waals surface area (Å²) in [6, 6.07) is 8.56. The second-order valence-corrected chi connectivity index (χ2v) is 9.28. The SMILES string of the molecule is Cc1ccc(S(=O)(=O)N2CCOCC2)cc1NC(=O)COC(=O)c1cccc(C)c1[N+](=O)[O-]. The van der Waals surface area contributed by atoms with Crippen molar-refractivity contribution in [2.24, 2.45) is 0 Å². The lowest BCUT2D eigenvalue weighted by molar-refractivity contribution is -0.385. The van der Waals surface area contributed by atoms with E-state index in [1.165, 1.54) is 41.6 Å². The number of benzene rings is 2. The van der Waals surface area contributed by atoms with Crippen molar-refractivity contribution in [2.75, 3.05) is 38.2 Å². The van der Waals surface area contributed by atoms with Crippen LogP contribution in [0.25, 0.3) is 0 Å². The Labute approximate surface area is 190 Å². The number of rotatable bonds is 7. The van der Waals surface area contributed by atoms with Crippen LogP contribution in [0.4, 0.5) is 11.4 Å². The molecule has 176 valence electrons. The van der Waals surface area contributed by atoms with Gasteiger partial charge in [-0.1, -0.05) is 18.2 Å². The number of para-hydroxylation sites is 1. The van der Waals surface area contributed by atoms with Gasteiger partial charge >= 0.3 is 5.97 Å². The van der Waals surface area contributed by atoms with Crippen LogP contribution in [0.1, 0.15) is 21.5 Å². The molecule has 0 spiro atoms. The number of nitrogens with zero attached hydrogens (tertiary/aromatic N) is 2. The van der Waals surface area contributed by atoms with Crippen LogP contribution in [0.5, 0.6) is 0 Å². The number of sulfonamides is 1. The zero-order valence-corrected chi connectivity index (χ0v) is 18.9. The summed E-state index contributed by atoms with van der Waals surface area (Å²) >= 11 is 0. The molecule has 1 aliphatic heterocycles. The highest BCUT2D eigenvalue weighted by Gasteiger charge is 2.27. The summed E-state index contributed by atoms with van der Waals surface area (Å²) in [5, 5.41) is 13.8. The van der Waals surface area contributed by atoms with E-state index in [1.807, 2.05) is 0 Å². The first-order valence-electron chi connectivity index (χ1n) is 10.0. The second-order valence-electron chi connectivity index (χ2n) is 7.35. The molecule has 1 aliphatic rings. The minimum atomic E-state index is -3.76. The zero-order chi connectivity index (χ0) is 24.2. The van der Waals surface area contributed by atoms with Crippen molar-refractivity contribution in [1.82, 2.24) is 4.31 Å². The van der Waals surface area contributed by atoms with Gasteiger partial charge in [0.25, 0.3) is 11.6 Å². The fourth-order valence-corrected chi connectivity index (χ4v) is 4.73. The van der Waals surface area contributed by atoms with Crippen LogP contribution in [0.15, 0.2) is 41.3 Å². The van der Waals surface area contributed by atoms with Gasteiger partial charge < -0.3 is 14.8 Å². The molecule has 0 aromatic heterocycles. The van der Waals surface area contributed by atoms with Crippen molar-refractivity contribution >= 4 is 33.3 Å². The Morgan fingerprint density at radius 1 is 1.15 bits per heavy atom. The number of morpholine rings is 1. The number of ether oxygens (including phenoxy) is 2. The molecule has 33 heavy (non-hydrogen) atoms. The maximum Gasteiger partial charge on any atom is 0.345 e. The summed E-state index contributed by atoms with van der Waals surface area (Å²) in [5.41, 5.74) is 0.479. The van der Waals surface area contributed by atoms with Crippen molar-refractivity contribution in [1.29, 1.82) is 0 Å². The normalized spacial score (nSPS) is 14.5. The molecule has 1 amide bonds. The zero-order valence-electron chi connectivity index (χ0n) is 18.1. The van der Waals surface area contributed by atoms with Crippen molar-refractivity contribution in [3.63, 3.8) is 0 Å². The Bertz CT molecular complexity index is 1190. The summed E-state index contributed by atoms with van der Waals surface area (Å²) in [6.45, 7) is 3.55. The summed E-state index contributed by atoms with van der Waals surface area (Å²) in [4.78, 5) is 35.2. The first-order valence-corrected chi connectivity index (χ1v) is 11.4. The number of hydrogen-bond acceptors (Lipinski definition) is 8. The summed E-state index contributed by atoms with van der Waals surface area (Å²) in [5.74, 6) is -1.73. The van der Waals surface area contributed by atoms with E-state index in [0.717, 1.165) is 0 Å². The maximum absolute atomic E-state index is 12.9. The molecule has 3 rings (SSSR count). The van der Waals surface area contributed by atoms with E-state index in [0.29, 0.717) is 18.8 Å². The van der Waals surface area contributed by atoms with Gasteiger partial charge in [0.15, 0.2) is 6.61 Å². The van der Waals surface area contributed by atoms with Gasteiger partial charge in [0.05, 0.1) is 23.0 Å². The van der Waals surface area contributed by atoms with Gasteiger partial charge in [0.1, 0.15) is 5.56 Å². The van der Waals surface area contributed by atoms with Crippen molar-refractivity contribution in [3.8, 4) is 0 Å². The van der Waals surface area contributed by atoms with E-state index < -0.39 is 33.4 Å². The second kappa shape index (κ2) is 10.1. The van der Waals surface area contributed by atoms with E-state index in [4.69, 9.17) is 9.47 Å². The van der Waals surface area contributed by atoms with Gasteiger partial charge in [-0.3, -0.25) is 14.9 Å². The molecule has 12 heteroatoms. The lowest BCUT2D eigenvalue weighted by Crippen LogP contribution is -2.40. The van der Waals surface area contributed by atoms with Crippen LogP contribution in [0.2, 0.25) is 0 Å². The Balaban J connectivity index is 1.70. The molecule has 2 aromatic rings. The average Bonchev–Trinajstić information content (AvgIpc) is 2.79. The van der Waals surface area contributed by atoms with Crippen LogP contribution < -0.4 is 5.32 Å². The number of esters is 1. The molecule has 0 atom stereocenters. The van der Waals surface area contributed by atoms with Crippen LogP contribution in [0.3, 0.4) is 0 Å². The van der Waals surface area contributed by atoms with Gasteiger partial charge in [-0.2, -0.15) is 4.31 Å². The quantitative estimate of drug-likeness (QED) is 0.362. The molecule has 0 unspecified atom stereocenters. The van der Waals surface area contributed by atoms with Crippen LogP contribution in [0, 0.1) is 24.0 Å². The number of carbonyl (C=O) groups is 2. The number of nitro groups is 1. The fraction of sp³-hybridized carbons (Fsp3) is 0.333. The van der Waals surface area contributed by atoms with Gasteiger partial charge in [-0.25, -0.2) is 13.2 Å². The smallest absolute Gasteiger partial charge is 0.345 e. The predicted octanol–water partition coefficient (Wildman–Crippen LogP) is 2.03. The first-order chi connectivity index (χ1) is 15.6. The molecule has 1 fully saturated rings. The number of nitro benzene ring substituents is 1. The van der Waals surface area contributed by atoms with Gasteiger partial charge in [0.2, 0.25) is 10.0 Å². The van der Waals surface area contributed by atoms with Gasteiger partial charge in [-0.15, -0.1) is 0 Å². The first kappa shape index (κ1) is 24.3. The lowest BCUT2D eigenvalue weighted by Gasteiger charge is -2.26. The number of anilines is 1. The monoisotopic (exact) mass is 477 g/mol. The molecular formula is C21H23N3O8S. The number of hydrogen-bond donors (Lipinski definition) is 1. The Kier molecular flexibility index (Phi) is 7.41. The van der Waals surface area contributed by atoms with Crippen molar-refractivity contribution < 1.29 is 32.4 Å². The van der Waals surface area contributed by atoms with E-state index in [9.17, 15) is 28.1 Å². The Morgan fingerprint density at radius 3 is 2.52 bits per heavy atom. The van der Waals surface area contributed by atoms with Crippen molar-refractivity contribution in [2.45, 2.75) is 18.7 Å². The largest absolute Gasteiger partial charge is 0.452 e. The van der Waals surface area contributed by atoms with E-state index >= 15 is 0 Å². The highest BCUT2D eigenvalue weighted by Crippen LogP contribution is 2.25. The summed E-state index contributed by atoms with van der Waals surface area (Å²) in [7, 11) is -3.76. The number of aryl methyl sites for hydroxylation is 2. The topological polar surface area (TPSA) is 145 Å². The van der Waals surface area contributed by atoms with Gasteiger partial charge in [0, 0.05) is 24.3 Å². The molecule has 1 N–H and O–H groups in total. The predicted molar refractivity (Wildman–Crippen MR) is 118 cm³/mol. The van der Waals surface area contributed by atoms with Crippen LogP contribution in [-0.2, 0) is 24.3 Å². The van der Waals surface area contributed by atoms with Gasteiger partial charge in [-0.05, 0) is 37.6 Å². The maximum atomic E-state index is 12.9. The van der Waals surface area contributed by atoms with E-state index in [2.05, 4.69) is 5.32 Å². The lowest BCUT2D eigenvalue weighted by atomic mass is 10.1. The molecule has 0 aliphatic carbocycles. The summed E-state index contributed by atoms with van der Waals surface area (Å²) in [6.07, 6.45) is 0. The standard InChI is InChI=1S/C21H23N3O8S/c1-14-6-7-16(33(29,30)23-8-10-31-11-9-23)12-18(14)22-19(25)13-32-21(26)17-5-3-4-15(2)20(17)24(27)28/h3-7,12H,8-11,13H2,1-2H3,(H,22,25). The third-order valence-corrected chi connectivity index (χ3v) is 6.96. The minimum absolute atomic E-state index is 0.0117. The number of carbonyl (C=O) groups excluding carboxylic acids is 2. The van der Waals surface area contributed by atoms with Crippen LogP contribution >= 0.6 is 0 Å². The molecule has 0 bridgehead atoms. The van der Waals surface area contributed by atoms with Crippen molar-refractivity contribution in [3.05, 3.63) is 63.2 Å². The third kappa shape index (κ3) is 5.53. The fourth-order valence-electron chi connectivity index (χ4n) is 3.29. The average molecular weight is 477 g/mol. The van der Waals surface area contributed by atoms with E-state index in [1.54, 1.807) is 13.0 Å². The minimum Gasteiger partial charge on any atom is -0.452 e. The number of amides is 1. The molecule has 11 nitrogen and oxygen atoms in total. The Hall–Kier alpha value is -3.35. The molecule has 1 heterocycles. The molecule has 0 saturated carbocycles. The Morgan fingerprint density at radius 2 is 1.85 bits per heavy atom. The molecule has 1 saturated heterocycles. The highest BCUT2D eigenvalue weighted by atomic mass is 32.2. The third-order valence-electron chi connectivity index (χ3n) is 5.07.